The highest BCUT2D eigenvalue weighted by Gasteiger charge is 2.10. The third-order valence-corrected chi connectivity index (χ3v) is 2.62. The lowest BCUT2D eigenvalue weighted by Crippen LogP contribution is -2.10. The van der Waals surface area contributed by atoms with Gasteiger partial charge in [-0.3, -0.25) is 4.79 Å². The van der Waals surface area contributed by atoms with E-state index in [1.165, 1.54) is 0 Å². The Kier molecular flexibility index (Phi) is 3.61. The Hall–Kier alpha value is -1.59. The van der Waals surface area contributed by atoms with Crippen molar-refractivity contribution in [3.8, 4) is 0 Å². The molecule has 0 saturated carbocycles. The van der Waals surface area contributed by atoms with Crippen LogP contribution in [0.3, 0.4) is 0 Å². The lowest BCUT2D eigenvalue weighted by atomic mass is 10.2. The molecular formula is C12H10BrNO3. The van der Waals surface area contributed by atoms with Gasteiger partial charge >= 0.3 is 0 Å². The summed E-state index contributed by atoms with van der Waals surface area (Å²) in [5, 5.41) is 11.6. The maximum atomic E-state index is 11.7. The van der Waals surface area contributed by atoms with Crippen molar-refractivity contribution in [3.63, 3.8) is 0 Å². The third-order valence-electron chi connectivity index (χ3n) is 2.19. The van der Waals surface area contributed by atoms with E-state index in [1.54, 1.807) is 36.4 Å². The summed E-state index contributed by atoms with van der Waals surface area (Å²) in [4.78, 5) is 11.7. The number of rotatable bonds is 3. The number of benzene rings is 1. The maximum absolute atomic E-state index is 11.7. The van der Waals surface area contributed by atoms with Crippen molar-refractivity contribution in [2.45, 2.75) is 6.61 Å². The van der Waals surface area contributed by atoms with Gasteiger partial charge in [0.05, 0.1) is 6.61 Å². The van der Waals surface area contributed by atoms with Gasteiger partial charge in [-0.1, -0.05) is 12.1 Å². The van der Waals surface area contributed by atoms with Crippen molar-refractivity contribution in [1.82, 2.24) is 0 Å². The molecule has 0 saturated heterocycles. The fraction of sp³-hybridized carbons (Fsp3) is 0.0833. The molecule has 1 amide bonds. The molecule has 0 unspecified atom stereocenters. The minimum absolute atomic E-state index is 0.0145. The van der Waals surface area contributed by atoms with E-state index in [-0.39, 0.29) is 18.3 Å². The van der Waals surface area contributed by atoms with Crippen LogP contribution in [0.25, 0.3) is 0 Å². The molecule has 0 fully saturated rings. The minimum atomic E-state index is -0.313. The summed E-state index contributed by atoms with van der Waals surface area (Å²) in [6.45, 7) is -0.0145. The molecule has 0 atom stereocenters. The molecule has 2 rings (SSSR count). The predicted molar refractivity (Wildman–Crippen MR) is 66.7 cm³/mol. The summed E-state index contributed by atoms with van der Waals surface area (Å²) in [6.07, 6.45) is 0. The van der Waals surface area contributed by atoms with Crippen LogP contribution in [-0.2, 0) is 6.61 Å². The Labute approximate surface area is 106 Å². The van der Waals surface area contributed by atoms with Crippen LogP contribution < -0.4 is 5.32 Å². The van der Waals surface area contributed by atoms with Crippen molar-refractivity contribution < 1.29 is 14.3 Å². The van der Waals surface area contributed by atoms with Gasteiger partial charge in [-0.15, -0.1) is 0 Å². The van der Waals surface area contributed by atoms with Gasteiger partial charge in [0, 0.05) is 5.69 Å². The van der Waals surface area contributed by atoms with Crippen molar-refractivity contribution in [1.29, 1.82) is 0 Å². The van der Waals surface area contributed by atoms with Crippen LogP contribution in [0.5, 0.6) is 0 Å². The molecule has 1 heterocycles. The smallest absolute Gasteiger partial charge is 0.291 e. The van der Waals surface area contributed by atoms with Crippen molar-refractivity contribution >= 4 is 27.5 Å². The number of nitrogens with one attached hydrogen (secondary N) is 1. The average Bonchev–Trinajstić information content (AvgIpc) is 2.77. The van der Waals surface area contributed by atoms with E-state index in [0.29, 0.717) is 10.4 Å². The van der Waals surface area contributed by atoms with Crippen molar-refractivity contribution in [2.75, 3.05) is 5.32 Å². The van der Waals surface area contributed by atoms with E-state index >= 15 is 0 Å². The first-order chi connectivity index (χ1) is 8.19. The van der Waals surface area contributed by atoms with E-state index in [4.69, 9.17) is 9.52 Å². The van der Waals surface area contributed by atoms with Crippen LogP contribution in [0, 0.1) is 0 Å². The number of hydrogen-bond acceptors (Lipinski definition) is 3. The van der Waals surface area contributed by atoms with E-state index in [1.807, 2.05) is 0 Å². The first kappa shape index (κ1) is 11.9. The van der Waals surface area contributed by atoms with Gasteiger partial charge < -0.3 is 14.8 Å². The van der Waals surface area contributed by atoms with Crippen LogP contribution in [-0.4, -0.2) is 11.0 Å². The molecule has 0 aliphatic rings. The number of anilines is 1. The third kappa shape index (κ3) is 2.95. The monoisotopic (exact) mass is 295 g/mol. The SMILES string of the molecule is O=C(Nc1ccc(CO)cc1)c1ccc(Br)o1. The van der Waals surface area contributed by atoms with Gasteiger partial charge in [0.25, 0.3) is 5.91 Å². The highest BCUT2D eigenvalue weighted by molar-refractivity contribution is 9.10. The first-order valence-corrected chi connectivity index (χ1v) is 5.75. The summed E-state index contributed by atoms with van der Waals surface area (Å²) >= 11 is 3.13. The zero-order chi connectivity index (χ0) is 12.3. The number of hydrogen-bond donors (Lipinski definition) is 2. The van der Waals surface area contributed by atoms with E-state index in [0.717, 1.165) is 5.56 Å². The summed E-state index contributed by atoms with van der Waals surface area (Å²) in [6, 6.07) is 10.2. The average molecular weight is 296 g/mol. The lowest BCUT2D eigenvalue weighted by molar-refractivity contribution is 0.0995. The second kappa shape index (κ2) is 5.16. The normalized spacial score (nSPS) is 10.2. The molecule has 17 heavy (non-hydrogen) atoms. The molecule has 4 nitrogen and oxygen atoms in total. The van der Waals surface area contributed by atoms with Crippen LogP contribution >= 0.6 is 15.9 Å². The Morgan fingerprint density at radius 1 is 1.24 bits per heavy atom. The Morgan fingerprint density at radius 3 is 2.47 bits per heavy atom. The number of furan rings is 1. The summed E-state index contributed by atoms with van der Waals surface area (Å²) in [5.41, 5.74) is 1.45. The number of aliphatic hydroxyl groups excluding tert-OH is 1. The highest BCUT2D eigenvalue weighted by atomic mass is 79.9. The number of aliphatic hydroxyl groups is 1. The number of carbonyl (C=O) groups is 1. The summed E-state index contributed by atoms with van der Waals surface area (Å²) in [7, 11) is 0. The predicted octanol–water partition coefficient (Wildman–Crippen LogP) is 2.79. The topological polar surface area (TPSA) is 62.5 Å². The summed E-state index contributed by atoms with van der Waals surface area (Å²) in [5.74, 6) is -0.0736. The first-order valence-electron chi connectivity index (χ1n) is 4.95. The molecule has 0 aliphatic heterocycles. The highest BCUT2D eigenvalue weighted by Crippen LogP contribution is 2.16. The quantitative estimate of drug-likeness (QED) is 0.915. The molecule has 0 radical (unpaired) electrons. The lowest BCUT2D eigenvalue weighted by Gasteiger charge is -2.03. The standard InChI is InChI=1S/C12H10BrNO3/c13-11-6-5-10(17-11)12(16)14-9-3-1-8(7-15)2-4-9/h1-6,15H,7H2,(H,14,16). The molecule has 1 aromatic carbocycles. The van der Waals surface area contributed by atoms with Crippen LogP contribution in [0.2, 0.25) is 0 Å². The number of carbonyl (C=O) groups excluding carboxylic acids is 1. The van der Waals surface area contributed by atoms with E-state index < -0.39 is 0 Å². The molecule has 88 valence electrons. The Morgan fingerprint density at radius 2 is 1.94 bits per heavy atom. The van der Waals surface area contributed by atoms with E-state index in [9.17, 15) is 4.79 Å². The van der Waals surface area contributed by atoms with Gasteiger partial charge in [-0.25, -0.2) is 0 Å². The molecule has 0 bridgehead atoms. The zero-order valence-corrected chi connectivity index (χ0v) is 10.4. The van der Waals surface area contributed by atoms with Crippen molar-refractivity contribution in [2.24, 2.45) is 0 Å². The van der Waals surface area contributed by atoms with Gasteiger partial charge in [0.2, 0.25) is 0 Å². The zero-order valence-electron chi connectivity index (χ0n) is 8.81. The van der Waals surface area contributed by atoms with Crippen LogP contribution in [0.15, 0.2) is 45.5 Å². The Bertz CT molecular complexity index is 519. The molecule has 0 aliphatic carbocycles. The maximum Gasteiger partial charge on any atom is 0.291 e. The summed E-state index contributed by atoms with van der Waals surface area (Å²) < 4.78 is 5.64. The largest absolute Gasteiger partial charge is 0.444 e. The molecule has 1 aromatic heterocycles. The molecule has 5 heteroatoms. The van der Waals surface area contributed by atoms with Crippen molar-refractivity contribution in [3.05, 3.63) is 52.4 Å². The molecular weight excluding hydrogens is 286 g/mol. The molecule has 2 aromatic rings. The van der Waals surface area contributed by atoms with Gasteiger partial charge in [-0.2, -0.15) is 0 Å². The van der Waals surface area contributed by atoms with Gasteiger partial charge in [0.15, 0.2) is 10.4 Å². The fourth-order valence-corrected chi connectivity index (χ4v) is 1.63. The number of halogens is 1. The Balaban J connectivity index is 2.07. The second-order valence-corrected chi connectivity index (χ2v) is 4.19. The van der Waals surface area contributed by atoms with Gasteiger partial charge in [-0.05, 0) is 45.8 Å². The van der Waals surface area contributed by atoms with Gasteiger partial charge in [0.1, 0.15) is 0 Å². The second-order valence-electron chi connectivity index (χ2n) is 3.41. The van der Waals surface area contributed by atoms with E-state index in [2.05, 4.69) is 21.2 Å². The van der Waals surface area contributed by atoms with Crippen LogP contribution in [0.4, 0.5) is 5.69 Å². The molecule has 2 N–H and O–H groups in total. The molecule has 0 spiro atoms. The minimum Gasteiger partial charge on any atom is -0.444 e. The number of amides is 1. The van der Waals surface area contributed by atoms with Crippen LogP contribution in [0.1, 0.15) is 16.1 Å². The fourth-order valence-electron chi connectivity index (χ4n) is 1.32.